The summed E-state index contributed by atoms with van der Waals surface area (Å²) in [6.07, 6.45) is 0.107. The highest BCUT2D eigenvalue weighted by molar-refractivity contribution is 7.89. The SMILES string of the molecule is O=C(NCCC(=O)N1CCN(S(=O)(=O)c2cccc(F)c2)CC1)c1ccc(Cl)cc1. The molecule has 0 unspecified atom stereocenters. The number of sulfonamides is 1. The van der Waals surface area contributed by atoms with E-state index in [0.29, 0.717) is 10.6 Å². The van der Waals surface area contributed by atoms with Crippen LogP contribution in [-0.2, 0) is 14.8 Å². The minimum atomic E-state index is -3.81. The highest BCUT2D eigenvalue weighted by atomic mass is 35.5. The molecule has 1 heterocycles. The summed E-state index contributed by atoms with van der Waals surface area (Å²) >= 11 is 5.79. The molecule has 1 fully saturated rings. The molecule has 7 nitrogen and oxygen atoms in total. The molecule has 0 atom stereocenters. The number of nitrogens with one attached hydrogen (secondary N) is 1. The van der Waals surface area contributed by atoms with Crippen molar-refractivity contribution >= 4 is 33.4 Å². The molecule has 30 heavy (non-hydrogen) atoms. The monoisotopic (exact) mass is 453 g/mol. The molecule has 1 saturated heterocycles. The van der Waals surface area contributed by atoms with E-state index in [9.17, 15) is 22.4 Å². The number of rotatable bonds is 6. The van der Waals surface area contributed by atoms with Crippen LogP contribution in [0.4, 0.5) is 4.39 Å². The van der Waals surface area contributed by atoms with Gasteiger partial charge in [0.15, 0.2) is 0 Å². The lowest BCUT2D eigenvalue weighted by molar-refractivity contribution is -0.132. The van der Waals surface area contributed by atoms with Gasteiger partial charge in [0.2, 0.25) is 15.9 Å². The normalized spacial score (nSPS) is 15.1. The van der Waals surface area contributed by atoms with Crippen LogP contribution in [0.15, 0.2) is 53.4 Å². The molecule has 1 aliphatic heterocycles. The number of halogens is 2. The van der Waals surface area contributed by atoms with Gasteiger partial charge in [-0.1, -0.05) is 17.7 Å². The van der Waals surface area contributed by atoms with Crippen LogP contribution < -0.4 is 5.32 Å². The first-order valence-corrected chi connectivity index (χ1v) is 11.2. The van der Waals surface area contributed by atoms with Crippen molar-refractivity contribution in [3.05, 3.63) is 64.9 Å². The molecule has 2 aromatic rings. The second-order valence-corrected chi connectivity index (χ2v) is 9.13. The largest absolute Gasteiger partial charge is 0.352 e. The lowest BCUT2D eigenvalue weighted by atomic mass is 10.2. The van der Waals surface area contributed by atoms with Gasteiger partial charge in [0.1, 0.15) is 5.82 Å². The smallest absolute Gasteiger partial charge is 0.251 e. The molecular formula is C20H21ClFN3O4S. The topological polar surface area (TPSA) is 86.8 Å². The van der Waals surface area contributed by atoms with Crippen molar-refractivity contribution in [1.82, 2.24) is 14.5 Å². The van der Waals surface area contributed by atoms with Crippen molar-refractivity contribution in [2.24, 2.45) is 0 Å². The Morgan fingerprint density at radius 2 is 1.70 bits per heavy atom. The molecule has 2 amide bonds. The van der Waals surface area contributed by atoms with Gasteiger partial charge < -0.3 is 10.2 Å². The standard InChI is InChI=1S/C20H21ClFN3O4S/c21-16-6-4-15(5-7-16)20(27)23-9-8-19(26)24-10-12-25(13-11-24)30(28,29)18-3-1-2-17(22)14-18/h1-7,14H,8-13H2,(H,23,27). The second-order valence-electron chi connectivity index (χ2n) is 6.76. The van der Waals surface area contributed by atoms with E-state index in [0.717, 1.165) is 6.07 Å². The zero-order valence-corrected chi connectivity index (χ0v) is 17.6. The molecule has 3 rings (SSSR count). The van der Waals surface area contributed by atoms with Gasteiger partial charge in [-0.2, -0.15) is 4.31 Å². The Hall–Kier alpha value is -2.49. The van der Waals surface area contributed by atoms with E-state index in [1.807, 2.05) is 0 Å². The van der Waals surface area contributed by atoms with Crippen molar-refractivity contribution in [3.63, 3.8) is 0 Å². The van der Waals surface area contributed by atoms with E-state index < -0.39 is 15.8 Å². The average molecular weight is 454 g/mol. The maximum Gasteiger partial charge on any atom is 0.251 e. The molecule has 2 aromatic carbocycles. The van der Waals surface area contributed by atoms with Crippen molar-refractivity contribution in [2.45, 2.75) is 11.3 Å². The van der Waals surface area contributed by atoms with Crippen LogP contribution in [-0.4, -0.2) is 62.2 Å². The zero-order chi connectivity index (χ0) is 21.7. The number of hydrogen-bond donors (Lipinski definition) is 1. The van der Waals surface area contributed by atoms with Gasteiger partial charge in [-0.05, 0) is 42.5 Å². The molecule has 0 spiro atoms. The lowest BCUT2D eigenvalue weighted by Crippen LogP contribution is -2.50. The van der Waals surface area contributed by atoms with Gasteiger partial charge in [-0.3, -0.25) is 9.59 Å². The predicted octanol–water partition coefficient (Wildman–Crippen LogP) is 2.13. The number of carbonyl (C=O) groups excluding carboxylic acids is 2. The highest BCUT2D eigenvalue weighted by Gasteiger charge is 2.30. The minimum absolute atomic E-state index is 0.104. The molecular weight excluding hydrogens is 433 g/mol. The fourth-order valence-electron chi connectivity index (χ4n) is 3.10. The predicted molar refractivity (Wildman–Crippen MR) is 110 cm³/mol. The number of nitrogens with zero attached hydrogens (tertiary/aromatic N) is 2. The van der Waals surface area contributed by atoms with E-state index in [1.165, 1.54) is 22.5 Å². The van der Waals surface area contributed by atoms with Crippen molar-refractivity contribution in [1.29, 1.82) is 0 Å². The van der Waals surface area contributed by atoms with Crippen LogP contribution >= 0.6 is 11.6 Å². The maximum absolute atomic E-state index is 13.4. The molecule has 10 heteroatoms. The molecule has 1 N–H and O–H groups in total. The van der Waals surface area contributed by atoms with Gasteiger partial charge >= 0.3 is 0 Å². The third-order valence-electron chi connectivity index (χ3n) is 4.76. The number of benzene rings is 2. The van der Waals surface area contributed by atoms with Gasteiger partial charge in [0, 0.05) is 49.7 Å². The van der Waals surface area contributed by atoms with Gasteiger partial charge in [-0.15, -0.1) is 0 Å². The summed E-state index contributed by atoms with van der Waals surface area (Å²) in [5.41, 5.74) is 0.447. The Balaban J connectivity index is 1.47. The van der Waals surface area contributed by atoms with Crippen LogP contribution in [0.5, 0.6) is 0 Å². The highest BCUT2D eigenvalue weighted by Crippen LogP contribution is 2.18. The first kappa shape index (κ1) is 22.2. The first-order chi connectivity index (χ1) is 14.3. The van der Waals surface area contributed by atoms with Crippen LogP contribution in [0.3, 0.4) is 0 Å². The number of carbonyl (C=O) groups is 2. The first-order valence-electron chi connectivity index (χ1n) is 9.34. The summed E-state index contributed by atoms with van der Waals surface area (Å²) in [5, 5.41) is 3.20. The third kappa shape index (κ3) is 5.35. The van der Waals surface area contributed by atoms with Gasteiger partial charge in [0.25, 0.3) is 5.91 Å². The maximum atomic E-state index is 13.4. The summed E-state index contributed by atoms with van der Waals surface area (Å²) in [5.74, 6) is -1.09. The molecule has 160 valence electrons. The molecule has 0 aliphatic carbocycles. The summed E-state index contributed by atoms with van der Waals surface area (Å²) in [6, 6.07) is 11.3. The molecule has 1 aliphatic rings. The Labute approximate surface area is 179 Å². The average Bonchev–Trinajstić information content (AvgIpc) is 2.74. The zero-order valence-electron chi connectivity index (χ0n) is 16.1. The fraction of sp³-hybridized carbons (Fsp3) is 0.300. The summed E-state index contributed by atoms with van der Waals surface area (Å²) in [4.78, 5) is 25.9. The van der Waals surface area contributed by atoms with Crippen molar-refractivity contribution < 1.29 is 22.4 Å². The molecule has 0 bridgehead atoms. The van der Waals surface area contributed by atoms with Gasteiger partial charge in [0.05, 0.1) is 4.90 Å². The van der Waals surface area contributed by atoms with Crippen molar-refractivity contribution in [3.8, 4) is 0 Å². The van der Waals surface area contributed by atoms with Crippen LogP contribution in [0.1, 0.15) is 16.8 Å². The summed E-state index contributed by atoms with van der Waals surface area (Å²) < 4.78 is 39.8. The van der Waals surface area contributed by atoms with E-state index in [-0.39, 0.29) is 55.9 Å². The van der Waals surface area contributed by atoms with E-state index in [4.69, 9.17) is 11.6 Å². The van der Waals surface area contributed by atoms with E-state index >= 15 is 0 Å². The lowest BCUT2D eigenvalue weighted by Gasteiger charge is -2.34. The minimum Gasteiger partial charge on any atom is -0.352 e. The number of hydrogen-bond acceptors (Lipinski definition) is 4. The third-order valence-corrected chi connectivity index (χ3v) is 6.90. The van der Waals surface area contributed by atoms with Crippen LogP contribution in [0, 0.1) is 5.82 Å². The quantitative estimate of drug-likeness (QED) is 0.726. The number of amides is 2. The number of piperazine rings is 1. The van der Waals surface area contributed by atoms with Gasteiger partial charge in [-0.25, -0.2) is 12.8 Å². The Bertz CT molecular complexity index is 1020. The Kier molecular flexibility index (Phi) is 7.06. The molecule has 0 aromatic heterocycles. The molecule has 0 radical (unpaired) electrons. The summed E-state index contributed by atoms with van der Waals surface area (Å²) in [7, 11) is -3.81. The molecule has 0 saturated carbocycles. The summed E-state index contributed by atoms with van der Waals surface area (Å²) in [6.45, 7) is 0.891. The van der Waals surface area contributed by atoms with E-state index in [2.05, 4.69) is 5.32 Å². The Morgan fingerprint density at radius 3 is 2.33 bits per heavy atom. The van der Waals surface area contributed by atoms with Crippen LogP contribution in [0.2, 0.25) is 5.02 Å². The van der Waals surface area contributed by atoms with E-state index in [1.54, 1.807) is 29.2 Å². The second kappa shape index (κ2) is 9.55. The Morgan fingerprint density at radius 1 is 1.03 bits per heavy atom. The fourth-order valence-corrected chi connectivity index (χ4v) is 4.68. The van der Waals surface area contributed by atoms with Crippen LogP contribution in [0.25, 0.3) is 0 Å². The van der Waals surface area contributed by atoms with Crippen molar-refractivity contribution in [2.75, 3.05) is 32.7 Å².